The number of anilines is 1. The van der Waals surface area contributed by atoms with Crippen LogP contribution >= 0.6 is 0 Å². The van der Waals surface area contributed by atoms with Gasteiger partial charge in [-0.3, -0.25) is 29.5 Å². The number of carbonyl (C=O) groups is 2. The average Bonchev–Trinajstić information content (AvgIpc) is 3.03. The van der Waals surface area contributed by atoms with Gasteiger partial charge in [0, 0.05) is 44.0 Å². The summed E-state index contributed by atoms with van der Waals surface area (Å²) in [5.41, 5.74) is 1.44. The van der Waals surface area contributed by atoms with Gasteiger partial charge in [0.15, 0.2) is 0 Å². The highest BCUT2D eigenvalue weighted by Gasteiger charge is 2.39. The van der Waals surface area contributed by atoms with Crippen molar-refractivity contribution in [3.8, 4) is 0 Å². The molecular weight excluding hydrogens is 400 g/mol. The van der Waals surface area contributed by atoms with Gasteiger partial charge < -0.3 is 10.1 Å². The van der Waals surface area contributed by atoms with Crippen LogP contribution in [-0.4, -0.2) is 65.9 Å². The van der Waals surface area contributed by atoms with Crippen LogP contribution in [0.2, 0.25) is 0 Å². The number of morpholine rings is 1. The summed E-state index contributed by atoms with van der Waals surface area (Å²) in [6.07, 6.45) is 0. The van der Waals surface area contributed by atoms with E-state index in [1.54, 1.807) is 12.1 Å². The van der Waals surface area contributed by atoms with Gasteiger partial charge in [-0.15, -0.1) is 0 Å². The number of rotatable bonds is 7. The number of amides is 2. The Balaban J connectivity index is 1.62. The summed E-state index contributed by atoms with van der Waals surface area (Å²) < 4.78 is 5.34. The van der Waals surface area contributed by atoms with E-state index < -0.39 is 16.7 Å². The molecule has 0 saturated carbocycles. The topological polar surface area (TPSA) is 105 Å². The van der Waals surface area contributed by atoms with Gasteiger partial charge in [0.1, 0.15) is 5.70 Å². The molecule has 1 fully saturated rings. The van der Waals surface area contributed by atoms with Crippen LogP contribution in [0, 0.1) is 10.1 Å². The fourth-order valence-corrected chi connectivity index (χ4v) is 3.64. The highest BCUT2D eigenvalue weighted by Crippen LogP contribution is 2.31. The second-order valence-corrected chi connectivity index (χ2v) is 7.26. The summed E-state index contributed by atoms with van der Waals surface area (Å²) in [6.45, 7) is 3.60. The van der Waals surface area contributed by atoms with Gasteiger partial charge >= 0.3 is 0 Å². The van der Waals surface area contributed by atoms with Crippen molar-refractivity contribution in [1.82, 2.24) is 9.80 Å². The molecule has 2 amide bonds. The summed E-state index contributed by atoms with van der Waals surface area (Å²) in [4.78, 5) is 40.3. The van der Waals surface area contributed by atoms with E-state index in [1.807, 2.05) is 18.2 Å². The smallest absolute Gasteiger partial charge is 0.278 e. The molecule has 9 heteroatoms. The fourth-order valence-electron chi connectivity index (χ4n) is 3.64. The Labute approximate surface area is 179 Å². The Morgan fingerprint density at radius 2 is 1.61 bits per heavy atom. The molecule has 0 bridgehead atoms. The molecule has 1 saturated heterocycles. The molecular formula is C22H22N4O5. The number of hydrogen-bond donors (Lipinski definition) is 1. The Morgan fingerprint density at radius 3 is 2.26 bits per heavy atom. The zero-order valence-corrected chi connectivity index (χ0v) is 16.8. The van der Waals surface area contributed by atoms with Crippen molar-refractivity contribution >= 4 is 28.8 Å². The van der Waals surface area contributed by atoms with E-state index in [-0.39, 0.29) is 23.5 Å². The number of non-ortho nitro benzene ring substituents is 1. The van der Waals surface area contributed by atoms with Crippen molar-refractivity contribution in [2.45, 2.75) is 0 Å². The standard InChI is InChI=1S/C22H22N4O5/c27-21-19(16-6-8-18(9-7-16)26(29)30)20(23-17-4-2-1-3-5-17)22(28)25(21)11-10-24-12-14-31-15-13-24/h1-9,23H,10-15H2. The third-order valence-corrected chi connectivity index (χ3v) is 5.32. The van der Waals surface area contributed by atoms with E-state index in [0.717, 1.165) is 13.1 Å². The molecule has 0 unspecified atom stereocenters. The normalized spacial score (nSPS) is 17.4. The van der Waals surface area contributed by atoms with Gasteiger partial charge in [0.2, 0.25) is 0 Å². The lowest BCUT2D eigenvalue weighted by Crippen LogP contribution is -2.43. The zero-order valence-electron chi connectivity index (χ0n) is 16.8. The minimum atomic E-state index is -0.502. The molecule has 2 aliphatic rings. The Hall–Kier alpha value is -3.56. The van der Waals surface area contributed by atoms with Crippen LogP contribution in [0.4, 0.5) is 11.4 Å². The number of para-hydroxylation sites is 1. The zero-order chi connectivity index (χ0) is 21.8. The molecule has 160 valence electrons. The maximum atomic E-state index is 13.2. The van der Waals surface area contributed by atoms with E-state index in [2.05, 4.69) is 10.2 Å². The number of nitrogens with one attached hydrogen (secondary N) is 1. The Bertz CT molecular complexity index is 1010. The van der Waals surface area contributed by atoms with Crippen molar-refractivity contribution in [3.05, 3.63) is 76.0 Å². The van der Waals surface area contributed by atoms with Crippen molar-refractivity contribution in [1.29, 1.82) is 0 Å². The highest BCUT2D eigenvalue weighted by molar-refractivity contribution is 6.36. The Morgan fingerprint density at radius 1 is 0.935 bits per heavy atom. The van der Waals surface area contributed by atoms with E-state index in [9.17, 15) is 19.7 Å². The summed E-state index contributed by atoms with van der Waals surface area (Å²) in [5.74, 6) is -0.819. The molecule has 0 aromatic heterocycles. The quantitative estimate of drug-likeness (QED) is 0.414. The molecule has 0 spiro atoms. The summed E-state index contributed by atoms with van der Waals surface area (Å²) in [6, 6.07) is 14.8. The van der Waals surface area contributed by atoms with Crippen molar-refractivity contribution < 1.29 is 19.2 Å². The lowest BCUT2D eigenvalue weighted by molar-refractivity contribution is -0.384. The molecule has 2 heterocycles. The molecule has 4 rings (SSSR count). The molecule has 0 radical (unpaired) electrons. The van der Waals surface area contributed by atoms with Gasteiger partial charge in [-0.25, -0.2) is 0 Å². The maximum absolute atomic E-state index is 13.2. The number of imide groups is 1. The maximum Gasteiger partial charge on any atom is 0.278 e. The first-order valence-corrected chi connectivity index (χ1v) is 10.0. The largest absolute Gasteiger partial charge is 0.379 e. The number of ether oxygens (including phenoxy) is 1. The van der Waals surface area contributed by atoms with Gasteiger partial charge in [0.05, 0.1) is 23.7 Å². The van der Waals surface area contributed by atoms with E-state index in [0.29, 0.717) is 31.0 Å². The van der Waals surface area contributed by atoms with Gasteiger partial charge in [0.25, 0.3) is 17.5 Å². The second-order valence-electron chi connectivity index (χ2n) is 7.26. The number of hydrogen-bond acceptors (Lipinski definition) is 7. The first-order chi connectivity index (χ1) is 15.0. The van der Waals surface area contributed by atoms with Crippen LogP contribution in [-0.2, 0) is 14.3 Å². The van der Waals surface area contributed by atoms with Crippen molar-refractivity contribution in [2.24, 2.45) is 0 Å². The molecule has 2 aliphatic heterocycles. The molecule has 31 heavy (non-hydrogen) atoms. The minimum absolute atomic E-state index is 0.0807. The number of nitrogens with zero attached hydrogens (tertiary/aromatic N) is 3. The Kier molecular flexibility index (Phi) is 6.06. The van der Waals surface area contributed by atoms with Crippen LogP contribution < -0.4 is 5.32 Å². The second kappa shape index (κ2) is 9.07. The van der Waals surface area contributed by atoms with Crippen molar-refractivity contribution in [3.63, 3.8) is 0 Å². The van der Waals surface area contributed by atoms with E-state index >= 15 is 0 Å². The van der Waals surface area contributed by atoms with E-state index in [4.69, 9.17) is 4.74 Å². The highest BCUT2D eigenvalue weighted by atomic mass is 16.6. The summed E-state index contributed by atoms with van der Waals surface area (Å²) in [7, 11) is 0. The lowest BCUT2D eigenvalue weighted by atomic mass is 10.0. The predicted molar refractivity (Wildman–Crippen MR) is 114 cm³/mol. The molecule has 0 atom stereocenters. The number of nitro groups is 1. The SMILES string of the molecule is O=C1C(Nc2ccccc2)=C(c2ccc([N+](=O)[O-])cc2)C(=O)N1CCN1CCOCC1. The minimum Gasteiger partial charge on any atom is -0.379 e. The van der Waals surface area contributed by atoms with E-state index in [1.165, 1.54) is 29.2 Å². The molecule has 9 nitrogen and oxygen atoms in total. The molecule has 0 aliphatic carbocycles. The molecule has 2 aromatic rings. The monoisotopic (exact) mass is 422 g/mol. The van der Waals surface area contributed by atoms with Crippen LogP contribution in [0.3, 0.4) is 0 Å². The van der Waals surface area contributed by atoms with Crippen LogP contribution in [0.5, 0.6) is 0 Å². The first kappa shape index (κ1) is 20.7. The van der Waals surface area contributed by atoms with Gasteiger partial charge in [-0.05, 0) is 29.8 Å². The first-order valence-electron chi connectivity index (χ1n) is 10.0. The average molecular weight is 422 g/mol. The predicted octanol–water partition coefficient (Wildman–Crippen LogP) is 2.12. The third-order valence-electron chi connectivity index (χ3n) is 5.32. The van der Waals surface area contributed by atoms with Crippen LogP contribution in [0.15, 0.2) is 60.3 Å². The van der Waals surface area contributed by atoms with Crippen LogP contribution in [0.25, 0.3) is 5.57 Å². The third kappa shape index (κ3) is 4.47. The summed E-state index contributed by atoms with van der Waals surface area (Å²) in [5, 5.41) is 14.1. The molecule has 2 aromatic carbocycles. The number of benzene rings is 2. The number of nitro benzene ring substituents is 1. The fraction of sp³-hybridized carbons (Fsp3) is 0.273. The molecule has 1 N–H and O–H groups in total. The van der Waals surface area contributed by atoms with Crippen molar-refractivity contribution in [2.75, 3.05) is 44.7 Å². The summed E-state index contributed by atoms with van der Waals surface area (Å²) >= 11 is 0. The lowest BCUT2D eigenvalue weighted by Gasteiger charge is -2.28. The van der Waals surface area contributed by atoms with Gasteiger partial charge in [-0.1, -0.05) is 18.2 Å². The number of carbonyl (C=O) groups excluding carboxylic acids is 2. The van der Waals surface area contributed by atoms with Crippen LogP contribution in [0.1, 0.15) is 5.56 Å². The van der Waals surface area contributed by atoms with Gasteiger partial charge in [-0.2, -0.15) is 0 Å².